The number of fused-ring (bicyclic) bond motifs is 2. The number of aromatic carboxylic acids is 1. The number of carboxylic acid groups (broad SMARTS) is 1. The quantitative estimate of drug-likeness (QED) is 0.676. The summed E-state index contributed by atoms with van der Waals surface area (Å²) >= 11 is 0. The summed E-state index contributed by atoms with van der Waals surface area (Å²) in [4.78, 5) is 19.7. The lowest BCUT2D eigenvalue weighted by Gasteiger charge is -2.52. The van der Waals surface area contributed by atoms with Crippen LogP contribution in [0.15, 0.2) is 42.6 Å². The number of benzene rings is 2. The summed E-state index contributed by atoms with van der Waals surface area (Å²) in [6.07, 6.45) is 3.23. The lowest BCUT2D eigenvalue weighted by atomic mass is 9.91. The number of ether oxygens (including phenoxy) is 1. The molecule has 30 heavy (non-hydrogen) atoms. The molecule has 2 fully saturated rings. The number of piperazine rings is 1. The van der Waals surface area contributed by atoms with E-state index in [1.807, 2.05) is 18.3 Å². The van der Waals surface area contributed by atoms with Crippen LogP contribution in [0, 0.1) is 6.92 Å². The van der Waals surface area contributed by atoms with Gasteiger partial charge in [0.2, 0.25) is 0 Å². The van der Waals surface area contributed by atoms with Gasteiger partial charge in [-0.15, -0.1) is 0 Å². The van der Waals surface area contributed by atoms with Crippen LogP contribution in [-0.4, -0.2) is 58.6 Å². The summed E-state index contributed by atoms with van der Waals surface area (Å²) in [6, 6.07) is 12.5. The number of hydrogen-bond donors (Lipinski definition) is 2. The van der Waals surface area contributed by atoms with Crippen LogP contribution in [0.3, 0.4) is 0 Å². The van der Waals surface area contributed by atoms with E-state index >= 15 is 0 Å². The van der Waals surface area contributed by atoms with Crippen molar-refractivity contribution in [2.45, 2.75) is 32.0 Å². The molecular weight excluding hydrogens is 378 g/mol. The third-order valence-corrected chi connectivity index (χ3v) is 6.79. The number of hydrogen-bond acceptors (Lipinski definition) is 4. The van der Waals surface area contributed by atoms with Crippen molar-refractivity contribution in [2.75, 3.05) is 26.7 Å². The zero-order valence-corrected chi connectivity index (χ0v) is 17.4. The molecule has 5 rings (SSSR count). The number of rotatable bonds is 5. The van der Waals surface area contributed by atoms with Crippen LogP contribution < -0.4 is 4.74 Å². The van der Waals surface area contributed by atoms with Crippen molar-refractivity contribution in [1.29, 1.82) is 0 Å². The molecule has 2 saturated heterocycles. The number of aromatic amines is 1. The van der Waals surface area contributed by atoms with E-state index in [9.17, 15) is 9.90 Å². The van der Waals surface area contributed by atoms with Gasteiger partial charge in [-0.3, -0.25) is 9.80 Å². The molecule has 1 unspecified atom stereocenters. The summed E-state index contributed by atoms with van der Waals surface area (Å²) in [7, 11) is 1.74. The van der Waals surface area contributed by atoms with E-state index in [-0.39, 0.29) is 6.04 Å². The lowest BCUT2D eigenvalue weighted by Crippen LogP contribution is -2.60. The van der Waals surface area contributed by atoms with Gasteiger partial charge in [0, 0.05) is 60.9 Å². The Bertz CT molecular complexity index is 1090. The number of nitrogens with zero attached hydrogens (tertiary/aromatic N) is 2. The number of carboxylic acids is 1. The zero-order chi connectivity index (χ0) is 20.8. The molecule has 0 radical (unpaired) electrons. The number of methoxy groups -OCH3 is 1. The fourth-order valence-electron chi connectivity index (χ4n) is 5.00. The Morgan fingerprint density at radius 2 is 2.03 bits per heavy atom. The Labute approximate surface area is 176 Å². The summed E-state index contributed by atoms with van der Waals surface area (Å²) in [5, 5.41) is 10.5. The Morgan fingerprint density at radius 1 is 1.23 bits per heavy atom. The molecule has 0 bridgehead atoms. The van der Waals surface area contributed by atoms with E-state index in [2.05, 4.69) is 33.8 Å². The maximum absolute atomic E-state index is 11.3. The van der Waals surface area contributed by atoms with E-state index in [1.165, 1.54) is 28.5 Å². The minimum atomic E-state index is -0.885. The normalized spacial score (nSPS) is 21.9. The van der Waals surface area contributed by atoms with Crippen LogP contribution in [-0.2, 0) is 6.54 Å². The molecule has 2 atom stereocenters. The first-order valence-electron chi connectivity index (χ1n) is 10.5. The lowest BCUT2D eigenvalue weighted by molar-refractivity contribution is -0.0331. The summed E-state index contributed by atoms with van der Waals surface area (Å²) in [6.45, 7) is 6.03. The van der Waals surface area contributed by atoms with Crippen molar-refractivity contribution < 1.29 is 14.6 Å². The first kappa shape index (κ1) is 19.2. The van der Waals surface area contributed by atoms with Crippen LogP contribution in [0.1, 0.15) is 39.5 Å². The van der Waals surface area contributed by atoms with Gasteiger partial charge in [0.25, 0.3) is 0 Å². The largest absolute Gasteiger partial charge is 0.496 e. The predicted molar refractivity (Wildman–Crippen MR) is 116 cm³/mol. The van der Waals surface area contributed by atoms with Gasteiger partial charge in [0.15, 0.2) is 0 Å². The predicted octanol–water partition coefficient (Wildman–Crippen LogP) is 3.81. The van der Waals surface area contributed by atoms with Crippen molar-refractivity contribution >= 4 is 16.9 Å². The van der Waals surface area contributed by atoms with E-state index in [4.69, 9.17) is 4.74 Å². The van der Waals surface area contributed by atoms with Gasteiger partial charge in [-0.2, -0.15) is 0 Å². The Balaban J connectivity index is 1.51. The third-order valence-electron chi connectivity index (χ3n) is 6.79. The Kier molecular flexibility index (Phi) is 4.76. The summed E-state index contributed by atoms with van der Waals surface area (Å²) in [5.74, 6) is 0.0414. The van der Waals surface area contributed by atoms with Gasteiger partial charge in [-0.25, -0.2) is 4.79 Å². The van der Waals surface area contributed by atoms with Gasteiger partial charge in [-0.1, -0.05) is 12.1 Å². The molecule has 0 spiro atoms. The fraction of sp³-hybridized carbons (Fsp3) is 0.375. The Hall–Kier alpha value is -2.83. The van der Waals surface area contributed by atoms with Crippen molar-refractivity contribution in [3.8, 4) is 5.75 Å². The van der Waals surface area contributed by atoms with Crippen molar-refractivity contribution in [2.24, 2.45) is 0 Å². The first-order chi connectivity index (χ1) is 14.5. The molecule has 156 valence electrons. The SMILES string of the molecule is COc1cc(C)c2[nH]ccc2c1CN1C[C@@H]2CCN2CC1c1ccc(C(=O)O)cc1. The van der Waals surface area contributed by atoms with Gasteiger partial charge >= 0.3 is 5.97 Å². The molecule has 2 aliphatic heterocycles. The smallest absolute Gasteiger partial charge is 0.335 e. The molecule has 0 aliphatic carbocycles. The highest BCUT2D eigenvalue weighted by Crippen LogP contribution is 2.38. The van der Waals surface area contributed by atoms with Gasteiger partial charge in [-0.05, 0) is 48.7 Å². The van der Waals surface area contributed by atoms with Gasteiger partial charge < -0.3 is 14.8 Å². The number of aromatic nitrogens is 1. The molecular formula is C24H27N3O3. The van der Waals surface area contributed by atoms with Crippen molar-refractivity contribution in [3.05, 3.63) is 64.8 Å². The van der Waals surface area contributed by atoms with E-state index in [0.29, 0.717) is 11.6 Å². The second-order valence-corrected chi connectivity index (χ2v) is 8.45. The highest BCUT2D eigenvalue weighted by Gasteiger charge is 2.39. The molecule has 2 aromatic carbocycles. The molecule has 3 aromatic rings. The monoisotopic (exact) mass is 405 g/mol. The summed E-state index contributed by atoms with van der Waals surface area (Å²) in [5.41, 5.74) is 5.05. The second-order valence-electron chi connectivity index (χ2n) is 8.45. The minimum absolute atomic E-state index is 0.226. The van der Waals surface area contributed by atoms with Crippen molar-refractivity contribution in [3.63, 3.8) is 0 Å². The summed E-state index contributed by atoms with van der Waals surface area (Å²) < 4.78 is 5.77. The average Bonchev–Trinajstić information content (AvgIpc) is 3.22. The van der Waals surface area contributed by atoms with Gasteiger partial charge in [0.1, 0.15) is 5.75 Å². The molecule has 2 aliphatic rings. The number of H-pyrrole nitrogens is 1. The van der Waals surface area contributed by atoms with Crippen LogP contribution in [0.5, 0.6) is 5.75 Å². The number of nitrogens with one attached hydrogen (secondary N) is 1. The maximum atomic E-state index is 11.3. The highest BCUT2D eigenvalue weighted by molar-refractivity contribution is 5.88. The van der Waals surface area contributed by atoms with Crippen LogP contribution in [0.25, 0.3) is 10.9 Å². The maximum Gasteiger partial charge on any atom is 0.335 e. The van der Waals surface area contributed by atoms with Crippen LogP contribution in [0.4, 0.5) is 0 Å². The fourth-order valence-corrected chi connectivity index (χ4v) is 5.00. The molecule has 6 heteroatoms. The number of aryl methyl sites for hydroxylation is 1. The van der Waals surface area contributed by atoms with Crippen molar-refractivity contribution in [1.82, 2.24) is 14.8 Å². The molecule has 6 nitrogen and oxygen atoms in total. The van der Waals surface area contributed by atoms with Crippen LogP contribution >= 0.6 is 0 Å². The van der Waals surface area contributed by atoms with Gasteiger partial charge in [0.05, 0.1) is 12.7 Å². The first-order valence-corrected chi connectivity index (χ1v) is 10.5. The third kappa shape index (κ3) is 3.16. The number of carbonyl (C=O) groups is 1. The molecule has 0 saturated carbocycles. The van der Waals surface area contributed by atoms with Crippen LogP contribution in [0.2, 0.25) is 0 Å². The average molecular weight is 405 g/mol. The zero-order valence-electron chi connectivity index (χ0n) is 17.4. The Morgan fingerprint density at radius 3 is 2.70 bits per heavy atom. The molecule has 2 N–H and O–H groups in total. The molecule has 0 amide bonds. The topological polar surface area (TPSA) is 68.8 Å². The van der Waals surface area contributed by atoms with E-state index in [1.54, 1.807) is 19.2 Å². The molecule has 3 heterocycles. The standard InChI is InChI=1S/C24H27N3O3/c1-15-11-22(30-2)20(19-7-9-25-23(15)19)13-27-12-18-8-10-26(18)14-21(27)16-3-5-17(6-4-16)24(28)29/h3-7,9,11,18,21,25H,8,10,12-14H2,1-2H3,(H,28,29)/t18-,21?/m0/s1. The molecule has 1 aromatic heterocycles. The van der Waals surface area contributed by atoms with E-state index in [0.717, 1.165) is 37.4 Å². The highest BCUT2D eigenvalue weighted by atomic mass is 16.5. The van der Waals surface area contributed by atoms with E-state index < -0.39 is 5.97 Å². The minimum Gasteiger partial charge on any atom is -0.496 e. The second kappa shape index (κ2) is 7.45.